The van der Waals surface area contributed by atoms with Gasteiger partial charge in [0, 0.05) is 10.6 Å². The molecule has 0 atom stereocenters. The van der Waals surface area contributed by atoms with E-state index in [1.165, 1.54) is 6.07 Å². The van der Waals surface area contributed by atoms with Crippen molar-refractivity contribution in [3.05, 3.63) is 60.2 Å². The number of aromatic hydroxyl groups is 1. The van der Waals surface area contributed by atoms with E-state index in [1.807, 2.05) is 39.8 Å². The van der Waals surface area contributed by atoms with Gasteiger partial charge in [-0.15, -0.1) is 9.45 Å². The van der Waals surface area contributed by atoms with Gasteiger partial charge in [-0.25, -0.2) is 10.2 Å². The maximum absolute atomic E-state index is 10.5. The number of hydrogen-bond donors (Lipinski definition) is 4. The Balaban J connectivity index is 0.00000115. The number of phenols is 1. The summed E-state index contributed by atoms with van der Waals surface area (Å²) in [4.78, 5) is 13.2. The number of aryl methyl sites for hydroxylation is 2. The summed E-state index contributed by atoms with van der Waals surface area (Å²) < 4.78 is 4.42. The van der Waals surface area contributed by atoms with E-state index in [1.54, 1.807) is 44.2 Å². The highest BCUT2D eigenvalue weighted by molar-refractivity contribution is 7.94. The van der Waals surface area contributed by atoms with Crippen LogP contribution in [0.3, 0.4) is 0 Å². The van der Waals surface area contributed by atoms with E-state index >= 15 is 0 Å². The van der Waals surface area contributed by atoms with Crippen LogP contribution in [0.25, 0.3) is 10.8 Å². The van der Waals surface area contributed by atoms with Crippen molar-refractivity contribution in [1.82, 2.24) is 15.0 Å². The number of fused-ring (bicyclic) bond motifs is 1. The van der Waals surface area contributed by atoms with Crippen molar-refractivity contribution >= 4 is 51.5 Å². The first-order valence-electron chi connectivity index (χ1n) is 11.6. The number of aromatic nitrogens is 3. The van der Waals surface area contributed by atoms with Crippen LogP contribution in [0.1, 0.15) is 39.3 Å². The molecule has 0 spiro atoms. The van der Waals surface area contributed by atoms with Gasteiger partial charge in [0.25, 0.3) is 0 Å². The third kappa shape index (κ3) is 8.08. The van der Waals surface area contributed by atoms with Crippen molar-refractivity contribution in [3.8, 4) is 5.75 Å². The number of nitrogens with two attached hydrogens (primary N) is 1. The quantitative estimate of drug-likeness (QED) is 0.0622. The van der Waals surface area contributed by atoms with Crippen molar-refractivity contribution in [2.75, 3.05) is 11.1 Å². The minimum Gasteiger partial charge on any atom is -0.507 e. The fraction of sp³-hybridized carbons (Fsp3) is 0.240. The monoisotopic (exact) mass is 525 g/mol. The summed E-state index contributed by atoms with van der Waals surface area (Å²) in [6, 6.07) is 13.7. The molecule has 5 N–H and O–H groups in total. The van der Waals surface area contributed by atoms with Crippen molar-refractivity contribution in [1.29, 1.82) is 0 Å². The van der Waals surface area contributed by atoms with Crippen molar-refractivity contribution in [2.24, 2.45) is 10.2 Å². The molecule has 4 aromatic rings. The largest absolute Gasteiger partial charge is 0.507 e. The predicted molar refractivity (Wildman–Crippen MR) is 147 cm³/mol. The van der Waals surface area contributed by atoms with Gasteiger partial charge >= 0.3 is 0 Å². The Morgan fingerprint density at radius 3 is 2.16 bits per heavy atom. The summed E-state index contributed by atoms with van der Waals surface area (Å²) in [5.41, 5.74) is 8.15. The summed E-state index contributed by atoms with van der Waals surface area (Å²) in [6.45, 7) is 11.6. The molecule has 12 heteroatoms. The van der Waals surface area contributed by atoms with E-state index < -0.39 is 0 Å². The second-order valence-electron chi connectivity index (χ2n) is 6.90. The van der Waals surface area contributed by atoms with Crippen LogP contribution in [-0.4, -0.2) is 25.3 Å². The SMILES string of the molecule is CC.CC.Cc1nc(C)nc(Nc2ccc(N=Nc3c(N)ccc4cc(SOOO)cc(O)c34)cc2)n1. The van der Waals surface area contributed by atoms with Gasteiger partial charge in [0.2, 0.25) is 5.95 Å². The van der Waals surface area contributed by atoms with Crippen LogP contribution in [0.5, 0.6) is 5.75 Å². The number of azo groups is 1. The molecule has 0 amide bonds. The molecule has 0 fully saturated rings. The average molecular weight is 526 g/mol. The number of hydrogen-bond acceptors (Lipinski definition) is 12. The first-order chi connectivity index (χ1) is 17.9. The van der Waals surface area contributed by atoms with Gasteiger partial charge in [0.15, 0.2) is 0 Å². The van der Waals surface area contributed by atoms with Crippen molar-refractivity contribution in [3.63, 3.8) is 0 Å². The van der Waals surface area contributed by atoms with E-state index in [4.69, 9.17) is 11.0 Å². The van der Waals surface area contributed by atoms with Crippen LogP contribution in [-0.2, 0) is 9.37 Å². The molecule has 11 nitrogen and oxygen atoms in total. The molecular weight excluding hydrogens is 494 g/mol. The molecule has 37 heavy (non-hydrogen) atoms. The minimum atomic E-state index is -0.0692. The molecule has 196 valence electrons. The molecule has 0 unspecified atom stereocenters. The Bertz CT molecular complexity index is 1310. The fourth-order valence-corrected chi connectivity index (χ4v) is 3.59. The Morgan fingerprint density at radius 1 is 0.892 bits per heavy atom. The molecule has 0 saturated carbocycles. The second-order valence-corrected chi connectivity index (χ2v) is 7.67. The highest BCUT2D eigenvalue weighted by Gasteiger charge is 2.12. The van der Waals surface area contributed by atoms with Gasteiger partial charge in [-0.1, -0.05) is 38.8 Å². The highest BCUT2D eigenvalue weighted by Crippen LogP contribution is 2.41. The Hall–Kier alpha value is -3.84. The van der Waals surface area contributed by atoms with E-state index in [2.05, 4.69) is 39.9 Å². The first kappa shape index (κ1) is 29.4. The summed E-state index contributed by atoms with van der Waals surface area (Å²) in [5.74, 6) is 1.65. The lowest BCUT2D eigenvalue weighted by Gasteiger charge is -2.09. The summed E-state index contributed by atoms with van der Waals surface area (Å²) >= 11 is 0.737. The maximum atomic E-state index is 10.5. The Morgan fingerprint density at radius 2 is 1.54 bits per heavy atom. The van der Waals surface area contributed by atoms with E-state index in [0.717, 1.165) is 17.7 Å². The lowest BCUT2D eigenvalue weighted by molar-refractivity contribution is -0.432. The zero-order chi connectivity index (χ0) is 27.4. The fourth-order valence-electron chi connectivity index (χ4n) is 3.14. The zero-order valence-corrected chi connectivity index (χ0v) is 22.4. The van der Waals surface area contributed by atoms with Crippen LogP contribution < -0.4 is 11.1 Å². The summed E-state index contributed by atoms with van der Waals surface area (Å²) in [7, 11) is 0. The molecule has 1 aromatic heterocycles. The lowest BCUT2D eigenvalue weighted by Crippen LogP contribution is -2.02. The Kier molecular flexibility index (Phi) is 11.6. The molecule has 0 aliphatic carbocycles. The lowest BCUT2D eigenvalue weighted by atomic mass is 10.1. The minimum absolute atomic E-state index is 0.0692. The summed E-state index contributed by atoms with van der Waals surface area (Å²) in [5, 5.41) is 35.2. The highest BCUT2D eigenvalue weighted by atomic mass is 32.2. The van der Waals surface area contributed by atoms with Crippen LogP contribution in [0.4, 0.5) is 28.7 Å². The zero-order valence-electron chi connectivity index (χ0n) is 21.6. The van der Waals surface area contributed by atoms with Crippen LogP contribution in [0, 0.1) is 13.8 Å². The number of anilines is 3. The van der Waals surface area contributed by atoms with E-state index in [0.29, 0.717) is 50.3 Å². The van der Waals surface area contributed by atoms with Gasteiger partial charge in [0.05, 0.1) is 28.8 Å². The number of nitrogens with zero attached hydrogens (tertiary/aromatic N) is 5. The normalized spacial score (nSPS) is 10.5. The van der Waals surface area contributed by atoms with Gasteiger partial charge in [0.1, 0.15) is 23.1 Å². The van der Waals surface area contributed by atoms with Crippen LogP contribution in [0.2, 0.25) is 0 Å². The molecular formula is C25H31N7O4S. The number of benzene rings is 3. The Labute approximate surface area is 219 Å². The molecule has 3 aromatic carbocycles. The molecule has 1 heterocycles. The number of rotatable bonds is 7. The first-order valence-corrected chi connectivity index (χ1v) is 12.3. The number of nitrogens with one attached hydrogen (secondary N) is 1. The second kappa shape index (κ2) is 14.7. The van der Waals surface area contributed by atoms with Gasteiger partial charge in [-0.05, 0) is 61.7 Å². The van der Waals surface area contributed by atoms with Gasteiger partial charge in [-0.2, -0.15) is 15.1 Å². The topological polar surface area (TPSA) is 160 Å². The van der Waals surface area contributed by atoms with Crippen molar-refractivity contribution in [2.45, 2.75) is 46.4 Å². The van der Waals surface area contributed by atoms with Gasteiger partial charge in [-0.3, -0.25) is 0 Å². The summed E-state index contributed by atoms with van der Waals surface area (Å²) in [6.07, 6.45) is 0. The molecule has 4 rings (SSSR count). The molecule has 0 saturated heterocycles. The predicted octanol–water partition coefficient (Wildman–Crippen LogP) is 7.57. The van der Waals surface area contributed by atoms with Crippen molar-refractivity contribution < 1.29 is 19.7 Å². The molecule has 0 aliphatic heterocycles. The number of nitrogen functional groups attached to an aromatic ring is 1. The third-order valence-corrected chi connectivity index (χ3v) is 5.04. The third-order valence-electron chi connectivity index (χ3n) is 4.48. The molecule has 0 radical (unpaired) electrons. The van der Waals surface area contributed by atoms with E-state index in [-0.39, 0.29) is 5.75 Å². The smallest absolute Gasteiger partial charge is 0.230 e. The van der Waals surface area contributed by atoms with Gasteiger partial charge < -0.3 is 16.2 Å². The maximum Gasteiger partial charge on any atom is 0.230 e. The average Bonchev–Trinajstić information content (AvgIpc) is 2.89. The van der Waals surface area contributed by atoms with Crippen LogP contribution in [0.15, 0.2) is 63.7 Å². The molecule has 0 bridgehead atoms. The van der Waals surface area contributed by atoms with Crippen LogP contribution >= 0.6 is 12.0 Å². The van der Waals surface area contributed by atoms with E-state index in [9.17, 15) is 5.11 Å². The molecule has 0 aliphatic rings. The number of phenolic OH excluding ortho intramolecular Hbond substituents is 1. The standard InChI is InChI=1S/C21H19N7O4S.2C2H6/c1-11-23-12(2)25-21(24-11)26-14-4-6-15(7-5-14)27-28-20-17(22)8-3-13-9-16(33-32-31-30)10-18(29)19(13)20;2*1-2/h3-10,29-30H,22H2,1-2H3,(H,23,24,25,26);2*1-2H3.